The first kappa shape index (κ1) is 19.4. The average molecular weight is 318 g/mol. The Morgan fingerprint density at radius 1 is 0.870 bits per heavy atom. The molecular weight excluding hydrogens is 286 g/mol. The zero-order valence-corrected chi connectivity index (χ0v) is 14.6. The molecule has 1 aromatic rings. The van der Waals surface area contributed by atoms with E-state index in [9.17, 15) is 4.79 Å². The number of nitrogens with zero attached hydrogens (tertiary/aromatic N) is 1. The Morgan fingerprint density at radius 3 is 1.96 bits per heavy atom. The fraction of sp³-hybridized carbons (Fsp3) is 0.600. The van der Waals surface area contributed by atoms with Gasteiger partial charge in [-0.3, -0.25) is 0 Å². The first-order valence-corrected chi connectivity index (χ1v) is 8.97. The second kappa shape index (κ2) is 12.9. The summed E-state index contributed by atoms with van der Waals surface area (Å²) in [6.07, 6.45) is 15.5. The first-order chi connectivity index (χ1) is 11.2. The van der Waals surface area contributed by atoms with Crippen molar-refractivity contribution in [2.24, 2.45) is 0 Å². The number of aryl methyl sites for hydroxylation is 1. The Balaban J connectivity index is 1.80. The number of pyridine rings is 1. The van der Waals surface area contributed by atoms with Crippen LogP contribution in [-0.2, 0) is 16.1 Å². The molecule has 0 spiro atoms. The summed E-state index contributed by atoms with van der Waals surface area (Å²) in [5.74, 6) is -0.265. The van der Waals surface area contributed by atoms with Crippen molar-refractivity contribution >= 4 is 5.97 Å². The minimum atomic E-state index is -0.265. The Morgan fingerprint density at radius 2 is 1.39 bits per heavy atom. The van der Waals surface area contributed by atoms with Crippen LogP contribution in [0.2, 0.25) is 0 Å². The van der Waals surface area contributed by atoms with Crippen molar-refractivity contribution in [2.45, 2.75) is 71.3 Å². The van der Waals surface area contributed by atoms with Gasteiger partial charge in [-0.2, -0.15) is 0 Å². The summed E-state index contributed by atoms with van der Waals surface area (Å²) in [6, 6.07) is 6.22. The zero-order valence-electron chi connectivity index (χ0n) is 14.6. The summed E-state index contributed by atoms with van der Waals surface area (Å²) in [4.78, 5) is 11.2. The maximum Gasteiger partial charge on any atom is 0.333 e. The lowest BCUT2D eigenvalue weighted by molar-refractivity contribution is -0.697. The summed E-state index contributed by atoms with van der Waals surface area (Å²) in [7, 11) is 0. The second-order valence-electron chi connectivity index (χ2n) is 6.21. The lowest BCUT2D eigenvalue weighted by Gasteiger charge is -2.04. The van der Waals surface area contributed by atoms with Crippen LogP contribution in [0.5, 0.6) is 0 Å². The lowest BCUT2D eigenvalue weighted by atomic mass is 10.1. The van der Waals surface area contributed by atoms with Gasteiger partial charge in [0.2, 0.25) is 0 Å². The molecule has 1 heterocycles. The van der Waals surface area contributed by atoms with Crippen LogP contribution in [0.3, 0.4) is 0 Å². The number of aromatic nitrogens is 1. The fourth-order valence-electron chi connectivity index (χ4n) is 2.51. The van der Waals surface area contributed by atoms with Crippen LogP contribution < -0.4 is 4.57 Å². The molecule has 0 aliphatic heterocycles. The largest absolute Gasteiger partial charge is 0.462 e. The van der Waals surface area contributed by atoms with E-state index in [2.05, 4.69) is 41.7 Å². The highest BCUT2D eigenvalue weighted by molar-refractivity contribution is 5.86. The van der Waals surface area contributed by atoms with Gasteiger partial charge in [-0.25, -0.2) is 9.36 Å². The molecule has 3 nitrogen and oxygen atoms in total. The minimum absolute atomic E-state index is 0.265. The summed E-state index contributed by atoms with van der Waals surface area (Å²) in [5.41, 5.74) is 0.482. The molecule has 0 aliphatic rings. The van der Waals surface area contributed by atoms with Crippen molar-refractivity contribution in [1.29, 1.82) is 0 Å². The monoisotopic (exact) mass is 318 g/mol. The molecule has 0 bridgehead atoms. The fourth-order valence-corrected chi connectivity index (χ4v) is 2.51. The van der Waals surface area contributed by atoms with E-state index < -0.39 is 0 Å². The molecule has 0 fully saturated rings. The van der Waals surface area contributed by atoms with Crippen LogP contribution in [0.4, 0.5) is 0 Å². The van der Waals surface area contributed by atoms with Gasteiger partial charge in [0.05, 0.1) is 6.61 Å². The molecule has 0 amide bonds. The van der Waals surface area contributed by atoms with Crippen molar-refractivity contribution in [3.05, 3.63) is 42.7 Å². The van der Waals surface area contributed by atoms with Crippen LogP contribution in [0.1, 0.15) is 64.7 Å². The molecular formula is C20H32NO2+. The standard InChI is InChI=1S/C20H32NO2/c1-19(2)20(22)23-18-14-9-7-5-3-4-6-8-11-15-21-16-12-10-13-17-21/h10,12-13,16-17H,1,3-9,11,14-15,18H2,2H3/q+1. The topological polar surface area (TPSA) is 30.2 Å². The van der Waals surface area contributed by atoms with E-state index in [0.29, 0.717) is 12.2 Å². The third kappa shape index (κ3) is 10.7. The molecule has 0 radical (unpaired) electrons. The van der Waals surface area contributed by atoms with Crippen molar-refractivity contribution in [3.8, 4) is 0 Å². The minimum Gasteiger partial charge on any atom is -0.462 e. The van der Waals surface area contributed by atoms with Crippen molar-refractivity contribution in [2.75, 3.05) is 6.61 Å². The number of esters is 1. The van der Waals surface area contributed by atoms with E-state index in [4.69, 9.17) is 4.74 Å². The van der Waals surface area contributed by atoms with E-state index in [1.807, 2.05) is 0 Å². The van der Waals surface area contributed by atoms with Crippen molar-refractivity contribution in [3.63, 3.8) is 0 Å². The van der Waals surface area contributed by atoms with Crippen LogP contribution in [-0.4, -0.2) is 12.6 Å². The van der Waals surface area contributed by atoms with Crippen LogP contribution in [0.25, 0.3) is 0 Å². The molecule has 0 aliphatic carbocycles. The normalized spacial score (nSPS) is 10.5. The molecule has 1 aromatic heterocycles. The third-order valence-electron chi connectivity index (χ3n) is 3.92. The van der Waals surface area contributed by atoms with E-state index in [-0.39, 0.29) is 5.97 Å². The molecule has 1 rings (SSSR count). The average Bonchev–Trinajstić information content (AvgIpc) is 2.56. The smallest absolute Gasteiger partial charge is 0.333 e. The Bertz CT molecular complexity index is 442. The maximum absolute atomic E-state index is 11.2. The van der Waals surface area contributed by atoms with Gasteiger partial charge in [-0.15, -0.1) is 0 Å². The SMILES string of the molecule is C=C(C)C(=O)OCCCCCCCCCCC[n+]1ccccc1. The Kier molecular flexibility index (Phi) is 10.9. The molecule has 128 valence electrons. The molecule has 0 aromatic carbocycles. The highest BCUT2D eigenvalue weighted by Crippen LogP contribution is 2.10. The lowest BCUT2D eigenvalue weighted by Crippen LogP contribution is -2.32. The van der Waals surface area contributed by atoms with E-state index in [1.165, 1.54) is 44.9 Å². The molecule has 0 N–H and O–H groups in total. The molecule has 23 heavy (non-hydrogen) atoms. The van der Waals surface area contributed by atoms with Gasteiger partial charge in [-0.1, -0.05) is 51.2 Å². The van der Waals surface area contributed by atoms with Gasteiger partial charge in [0, 0.05) is 24.1 Å². The number of carbonyl (C=O) groups excluding carboxylic acids is 1. The van der Waals surface area contributed by atoms with Gasteiger partial charge in [0.1, 0.15) is 6.54 Å². The molecule has 3 heteroatoms. The zero-order chi connectivity index (χ0) is 16.8. The predicted octanol–water partition coefficient (Wildman–Crippen LogP) is 4.60. The Labute approximate surface area is 141 Å². The number of rotatable bonds is 13. The molecule has 0 saturated carbocycles. The van der Waals surface area contributed by atoms with Crippen molar-refractivity contribution in [1.82, 2.24) is 0 Å². The van der Waals surface area contributed by atoms with E-state index >= 15 is 0 Å². The van der Waals surface area contributed by atoms with Gasteiger partial charge in [0.15, 0.2) is 12.4 Å². The molecule has 0 unspecified atom stereocenters. The van der Waals surface area contributed by atoms with Crippen molar-refractivity contribution < 1.29 is 14.1 Å². The van der Waals surface area contributed by atoms with Gasteiger partial charge in [-0.05, 0) is 19.8 Å². The number of carbonyl (C=O) groups is 1. The maximum atomic E-state index is 11.2. The van der Waals surface area contributed by atoms with Gasteiger partial charge in [0.25, 0.3) is 0 Å². The predicted molar refractivity (Wildman–Crippen MR) is 94.0 cm³/mol. The number of ether oxygens (including phenoxy) is 1. The van der Waals surface area contributed by atoms with E-state index in [1.54, 1.807) is 6.92 Å². The van der Waals surface area contributed by atoms with Gasteiger partial charge >= 0.3 is 5.97 Å². The van der Waals surface area contributed by atoms with Crippen LogP contribution in [0.15, 0.2) is 42.7 Å². The summed E-state index contributed by atoms with van der Waals surface area (Å²) in [6.45, 7) is 6.91. The highest BCUT2D eigenvalue weighted by atomic mass is 16.5. The second-order valence-corrected chi connectivity index (χ2v) is 6.21. The first-order valence-electron chi connectivity index (χ1n) is 8.97. The molecule has 0 saturated heterocycles. The summed E-state index contributed by atoms with van der Waals surface area (Å²) in [5, 5.41) is 0. The third-order valence-corrected chi connectivity index (χ3v) is 3.92. The number of hydrogen-bond donors (Lipinski definition) is 0. The summed E-state index contributed by atoms with van der Waals surface area (Å²) >= 11 is 0. The number of hydrogen-bond acceptors (Lipinski definition) is 2. The molecule has 0 atom stereocenters. The number of unbranched alkanes of at least 4 members (excludes halogenated alkanes) is 8. The quantitative estimate of drug-likeness (QED) is 0.230. The van der Waals surface area contributed by atoms with E-state index in [0.717, 1.165) is 19.4 Å². The van der Waals surface area contributed by atoms with Crippen LogP contribution in [0, 0.1) is 0 Å². The van der Waals surface area contributed by atoms with Gasteiger partial charge < -0.3 is 4.74 Å². The Hall–Kier alpha value is -1.64. The highest BCUT2D eigenvalue weighted by Gasteiger charge is 2.02. The summed E-state index contributed by atoms with van der Waals surface area (Å²) < 4.78 is 7.32. The van der Waals surface area contributed by atoms with Crippen LogP contribution >= 0.6 is 0 Å².